The molecule has 1 N–H and O–H groups in total. The van der Waals surface area contributed by atoms with E-state index >= 15 is 0 Å². The third-order valence-corrected chi connectivity index (χ3v) is 8.49. The van der Waals surface area contributed by atoms with Crippen molar-refractivity contribution in [1.82, 2.24) is 15.2 Å². The Morgan fingerprint density at radius 2 is 2.09 bits per heavy atom. The lowest BCUT2D eigenvalue weighted by Crippen LogP contribution is -2.48. The van der Waals surface area contributed by atoms with Crippen molar-refractivity contribution in [2.45, 2.75) is 16.7 Å². The van der Waals surface area contributed by atoms with Gasteiger partial charge in [-0.15, -0.1) is 23.1 Å². The van der Waals surface area contributed by atoms with E-state index in [0.29, 0.717) is 34.9 Å². The number of thiophene rings is 1. The number of pyridine rings is 1. The zero-order valence-corrected chi connectivity index (χ0v) is 20.7. The third-order valence-electron chi connectivity index (χ3n) is 5.34. The highest BCUT2D eigenvalue weighted by molar-refractivity contribution is 8.01. The lowest BCUT2D eigenvalue weighted by molar-refractivity contribution is -0.119. The normalized spacial score (nSPS) is 21.7. The molecule has 1 amide bonds. The largest absolute Gasteiger partial charge is 0.374 e. The summed E-state index contributed by atoms with van der Waals surface area (Å²) in [6, 6.07) is 8.13. The van der Waals surface area contributed by atoms with Crippen LogP contribution in [0.4, 0.5) is 0 Å². The van der Waals surface area contributed by atoms with Crippen molar-refractivity contribution in [3.8, 4) is 10.4 Å². The summed E-state index contributed by atoms with van der Waals surface area (Å²) >= 11 is 15.5. The van der Waals surface area contributed by atoms with E-state index in [4.69, 9.17) is 27.9 Å². The van der Waals surface area contributed by atoms with Crippen molar-refractivity contribution in [3.63, 3.8) is 0 Å². The number of morpholine rings is 1. The SMILES string of the molecule is O=C(CSc1ccc(-c2ccncc2)s1)NC[C@H]1CN(CC2C=C(Cl)C(Cl)=CC2)CCO1. The van der Waals surface area contributed by atoms with Crippen LogP contribution in [0.1, 0.15) is 6.42 Å². The Bertz CT molecular complexity index is 981. The maximum Gasteiger partial charge on any atom is 0.230 e. The predicted octanol–water partition coefficient (Wildman–Crippen LogP) is 4.98. The van der Waals surface area contributed by atoms with E-state index in [0.717, 1.165) is 35.8 Å². The number of thioether (sulfide) groups is 1. The summed E-state index contributed by atoms with van der Waals surface area (Å²) in [6.45, 7) is 3.79. The summed E-state index contributed by atoms with van der Waals surface area (Å²) in [6.07, 6.45) is 8.50. The number of rotatable bonds is 8. The smallest absolute Gasteiger partial charge is 0.230 e. The van der Waals surface area contributed by atoms with E-state index in [2.05, 4.69) is 27.3 Å². The van der Waals surface area contributed by atoms with Gasteiger partial charge in [0.25, 0.3) is 0 Å². The van der Waals surface area contributed by atoms with E-state index in [-0.39, 0.29) is 12.0 Å². The molecule has 2 aromatic heterocycles. The predicted molar refractivity (Wildman–Crippen MR) is 133 cm³/mol. The highest BCUT2D eigenvalue weighted by atomic mass is 35.5. The zero-order chi connectivity index (χ0) is 22.3. The Labute approximate surface area is 206 Å². The second-order valence-corrected chi connectivity index (χ2v) is 10.9. The first kappa shape index (κ1) is 23.8. The molecule has 0 saturated carbocycles. The van der Waals surface area contributed by atoms with Gasteiger partial charge in [0, 0.05) is 43.4 Å². The molecule has 2 aromatic rings. The lowest BCUT2D eigenvalue weighted by Gasteiger charge is -2.35. The summed E-state index contributed by atoms with van der Waals surface area (Å²) in [4.78, 5) is 20.0. The van der Waals surface area contributed by atoms with E-state index in [1.165, 1.54) is 4.88 Å². The minimum Gasteiger partial charge on any atom is -0.374 e. The first-order valence-electron chi connectivity index (χ1n) is 10.5. The Kier molecular flexibility index (Phi) is 8.68. The summed E-state index contributed by atoms with van der Waals surface area (Å²) in [5.74, 6) is 0.777. The number of aromatic nitrogens is 1. The molecule has 0 radical (unpaired) electrons. The molecule has 2 atom stereocenters. The zero-order valence-electron chi connectivity index (χ0n) is 17.5. The van der Waals surface area contributed by atoms with Crippen LogP contribution in [0.3, 0.4) is 0 Å². The van der Waals surface area contributed by atoms with Gasteiger partial charge < -0.3 is 10.1 Å². The van der Waals surface area contributed by atoms with E-state index in [9.17, 15) is 4.79 Å². The number of carbonyl (C=O) groups is 1. The van der Waals surface area contributed by atoms with E-state index < -0.39 is 0 Å². The monoisotopic (exact) mass is 509 g/mol. The number of carbonyl (C=O) groups excluding carboxylic acids is 1. The molecule has 4 rings (SSSR count). The highest BCUT2D eigenvalue weighted by Gasteiger charge is 2.24. The van der Waals surface area contributed by atoms with Gasteiger partial charge in [-0.25, -0.2) is 0 Å². The van der Waals surface area contributed by atoms with Crippen LogP contribution < -0.4 is 5.32 Å². The summed E-state index contributed by atoms with van der Waals surface area (Å²) in [5.41, 5.74) is 1.14. The fourth-order valence-electron chi connectivity index (χ4n) is 3.72. The van der Waals surface area contributed by atoms with Crippen LogP contribution in [0.5, 0.6) is 0 Å². The Balaban J connectivity index is 1.18. The first-order chi connectivity index (χ1) is 15.6. The van der Waals surface area contributed by atoms with E-state index in [1.54, 1.807) is 35.5 Å². The number of amides is 1. The van der Waals surface area contributed by atoms with E-state index in [1.807, 2.05) is 24.3 Å². The summed E-state index contributed by atoms with van der Waals surface area (Å²) in [5, 5.41) is 4.30. The van der Waals surface area contributed by atoms with Crippen molar-refractivity contribution in [2.24, 2.45) is 5.92 Å². The number of nitrogens with one attached hydrogen (secondary N) is 1. The Hall–Kier alpha value is -1.35. The van der Waals surface area contributed by atoms with Gasteiger partial charge in [0.05, 0.1) is 32.7 Å². The molecule has 9 heteroatoms. The van der Waals surface area contributed by atoms with Gasteiger partial charge in [0.15, 0.2) is 0 Å². The molecule has 0 aromatic carbocycles. The molecule has 1 saturated heterocycles. The van der Waals surface area contributed by atoms with Gasteiger partial charge in [0.1, 0.15) is 0 Å². The number of hydrogen-bond acceptors (Lipinski definition) is 6. The van der Waals surface area contributed by atoms with Gasteiger partial charge in [-0.2, -0.15) is 0 Å². The number of ether oxygens (including phenoxy) is 1. The van der Waals surface area contributed by atoms with Gasteiger partial charge in [-0.3, -0.25) is 14.7 Å². The molecular formula is C23H25Cl2N3O2S2. The van der Waals surface area contributed by atoms with Crippen LogP contribution >= 0.6 is 46.3 Å². The average Bonchev–Trinajstić information content (AvgIpc) is 3.29. The molecule has 1 fully saturated rings. The molecule has 0 spiro atoms. The minimum atomic E-state index is -0.0000901. The van der Waals surface area contributed by atoms with Crippen molar-refractivity contribution >= 4 is 52.2 Å². The average molecular weight is 511 g/mol. The maximum atomic E-state index is 12.4. The molecule has 32 heavy (non-hydrogen) atoms. The molecule has 1 aliphatic carbocycles. The lowest BCUT2D eigenvalue weighted by atomic mass is 9.99. The number of halogens is 2. The van der Waals surface area contributed by atoms with Crippen LogP contribution in [0.15, 0.2) is 63.1 Å². The fraction of sp³-hybridized carbons (Fsp3) is 0.391. The van der Waals surface area contributed by atoms with Crippen molar-refractivity contribution in [1.29, 1.82) is 0 Å². The minimum absolute atomic E-state index is 0.0000901. The molecule has 2 aliphatic rings. The second-order valence-electron chi connectivity index (χ2n) is 7.76. The fourth-order valence-corrected chi connectivity index (χ4v) is 6.09. The number of hydrogen-bond donors (Lipinski definition) is 1. The molecule has 3 heterocycles. The molecule has 1 aliphatic heterocycles. The second kappa shape index (κ2) is 11.7. The molecule has 170 valence electrons. The number of nitrogens with zero attached hydrogens (tertiary/aromatic N) is 2. The van der Waals surface area contributed by atoms with Gasteiger partial charge in [-0.05, 0) is 42.2 Å². The van der Waals surface area contributed by atoms with Crippen LogP contribution in [-0.4, -0.2) is 60.4 Å². The molecule has 0 bridgehead atoms. The first-order valence-corrected chi connectivity index (χ1v) is 13.1. The third kappa shape index (κ3) is 6.83. The topological polar surface area (TPSA) is 54.5 Å². The van der Waals surface area contributed by atoms with Gasteiger partial charge >= 0.3 is 0 Å². The van der Waals surface area contributed by atoms with Crippen LogP contribution in [-0.2, 0) is 9.53 Å². The summed E-state index contributed by atoms with van der Waals surface area (Å²) < 4.78 is 6.99. The molecule has 5 nitrogen and oxygen atoms in total. The van der Waals surface area contributed by atoms with Crippen LogP contribution in [0.2, 0.25) is 0 Å². The molecular weight excluding hydrogens is 485 g/mol. The standard InChI is InChI=1S/C23H25Cl2N3O2S2/c24-19-2-1-16(11-20(19)25)13-28-9-10-30-18(14-28)12-27-22(29)15-31-23-4-3-21(32-23)17-5-7-26-8-6-17/h2-8,11,16,18H,1,9-10,12-15H2,(H,27,29)/t16?,18-/m0/s1. The Morgan fingerprint density at radius 1 is 1.25 bits per heavy atom. The van der Waals surface area contributed by atoms with Crippen LogP contribution in [0.25, 0.3) is 10.4 Å². The number of allylic oxidation sites excluding steroid dienone is 3. The van der Waals surface area contributed by atoms with Gasteiger partial charge in [0.2, 0.25) is 5.91 Å². The van der Waals surface area contributed by atoms with Gasteiger partial charge in [-0.1, -0.05) is 35.4 Å². The summed E-state index contributed by atoms with van der Waals surface area (Å²) in [7, 11) is 0. The maximum absolute atomic E-state index is 12.4. The quantitative estimate of drug-likeness (QED) is 0.508. The van der Waals surface area contributed by atoms with Crippen molar-refractivity contribution < 1.29 is 9.53 Å². The molecule has 1 unspecified atom stereocenters. The Morgan fingerprint density at radius 3 is 2.91 bits per heavy atom. The van der Waals surface area contributed by atoms with Crippen LogP contribution in [0, 0.1) is 5.92 Å². The highest BCUT2D eigenvalue weighted by Crippen LogP contribution is 2.33. The van der Waals surface area contributed by atoms with Crippen molar-refractivity contribution in [3.05, 3.63) is 58.9 Å². The van der Waals surface area contributed by atoms with Crippen molar-refractivity contribution in [2.75, 3.05) is 38.5 Å².